The lowest BCUT2D eigenvalue weighted by Gasteiger charge is -2.18. The molecule has 0 saturated carbocycles. The number of hydrogen-bond acceptors (Lipinski definition) is 8. The van der Waals surface area contributed by atoms with Crippen molar-refractivity contribution in [3.05, 3.63) is 88.1 Å². The second kappa shape index (κ2) is 10.4. The molecule has 0 bridgehead atoms. The zero-order chi connectivity index (χ0) is 27.8. The summed E-state index contributed by atoms with van der Waals surface area (Å²) in [4.78, 5) is 28.4. The predicted molar refractivity (Wildman–Crippen MR) is 149 cm³/mol. The smallest absolute Gasteiger partial charge is 0.323 e. The number of aromatic nitrogens is 4. The first kappa shape index (κ1) is 26.8. The number of benzene rings is 2. The van der Waals surface area contributed by atoms with Crippen molar-refractivity contribution in [2.45, 2.75) is 35.7 Å². The zero-order valence-electron chi connectivity index (χ0n) is 21.6. The lowest BCUT2D eigenvalue weighted by molar-refractivity contribution is 0.600. The van der Waals surface area contributed by atoms with Gasteiger partial charge in [-0.3, -0.25) is 0 Å². The molecule has 0 radical (unpaired) electrons. The molecule has 0 amide bonds. The Hall–Kier alpha value is -3.84. The Bertz CT molecular complexity index is 1760. The summed E-state index contributed by atoms with van der Waals surface area (Å²) in [6.45, 7) is 3.00. The quantitative estimate of drug-likeness (QED) is 0.319. The minimum absolute atomic E-state index is 0.232. The monoisotopic (exact) mass is 570 g/mol. The van der Waals surface area contributed by atoms with Crippen LogP contribution in [0.25, 0.3) is 0 Å². The molecule has 4 heterocycles. The van der Waals surface area contributed by atoms with Gasteiger partial charge in [-0.2, -0.15) is 0 Å². The standard InChI is InChI=1S/C13H15N3O3S.C13H15N3O2S/c1-20(18,19)11-3-2-9-4-5-16(12(9)6-11)8-10-7-14-13(17)15-10;1-19(17,18)12-3-2-10-4-5-16(13(10)6-12)8-11-7-14-9-15-11/h2-3,6-7H,4-5,8H2,1H3,(H2,14,15,17);2-3,6-7,9H,4-5,8H2,1H3,(H,14,15). The minimum Gasteiger partial charge on any atom is -0.365 e. The van der Waals surface area contributed by atoms with Crippen molar-refractivity contribution >= 4 is 31.0 Å². The van der Waals surface area contributed by atoms with Gasteiger partial charge in [0.1, 0.15) is 0 Å². The average Bonchev–Trinajstić information content (AvgIpc) is 3.68. The molecule has 2 aromatic carbocycles. The lowest BCUT2D eigenvalue weighted by Crippen LogP contribution is -2.20. The van der Waals surface area contributed by atoms with Crippen molar-refractivity contribution in [1.29, 1.82) is 0 Å². The number of nitrogens with one attached hydrogen (secondary N) is 3. The Morgan fingerprint density at radius 3 is 1.77 bits per heavy atom. The molecule has 2 aliphatic heterocycles. The summed E-state index contributed by atoms with van der Waals surface area (Å²) >= 11 is 0. The van der Waals surface area contributed by atoms with Gasteiger partial charge in [0.15, 0.2) is 19.7 Å². The third-order valence-corrected chi connectivity index (χ3v) is 9.10. The fraction of sp³-hybridized carbons (Fsp3) is 0.308. The van der Waals surface area contributed by atoms with Gasteiger partial charge < -0.3 is 24.8 Å². The van der Waals surface area contributed by atoms with Gasteiger partial charge in [-0.1, -0.05) is 12.1 Å². The lowest BCUT2D eigenvalue weighted by atomic mass is 10.2. The van der Waals surface area contributed by atoms with E-state index in [-0.39, 0.29) is 5.69 Å². The van der Waals surface area contributed by atoms with Gasteiger partial charge in [-0.15, -0.1) is 0 Å². The van der Waals surface area contributed by atoms with Crippen molar-refractivity contribution in [3.8, 4) is 0 Å². The van der Waals surface area contributed by atoms with Crippen LogP contribution in [0.5, 0.6) is 0 Å². The van der Waals surface area contributed by atoms with Crippen LogP contribution in [0.1, 0.15) is 22.5 Å². The molecule has 3 N–H and O–H groups in total. The highest BCUT2D eigenvalue weighted by molar-refractivity contribution is 7.91. The Labute approximate surface area is 226 Å². The Balaban J connectivity index is 0.000000158. The van der Waals surface area contributed by atoms with Crippen LogP contribution < -0.4 is 15.5 Å². The number of rotatable bonds is 6. The van der Waals surface area contributed by atoms with E-state index in [2.05, 4.69) is 29.7 Å². The topological polar surface area (TPSA) is 152 Å². The van der Waals surface area contributed by atoms with Crippen LogP contribution in [-0.4, -0.2) is 62.4 Å². The molecule has 0 fully saturated rings. The van der Waals surface area contributed by atoms with Gasteiger partial charge in [-0.25, -0.2) is 26.6 Å². The molecule has 13 heteroatoms. The van der Waals surface area contributed by atoms with E-state index in [9.17, 15) is 21.6 Å². The molecular formula is C26H30N6O5S2. The molecule has 4 aromatic rings. The van der Waals surface area contributed by atoms with E-state index in [1.807, 2.05) is 12.1 Å². The first-order chi connectivity index (χ1) is 18.5. The number of hydrogen-bond donors (Lipinski definition) is 3. The van der Waals surface area contributed by atoms with E-state index in [1.165, 1.54) is 18.1 Å². The van der Waals surface area contributed by atoms with Gasteiger partial charge in [0, 0.05) is 49.4 Å². The van der Waals surface area contributed by atoms with Crippen LogP contribution in [0.3, 0.4) is 0 Å². The van der Waals surface area contributed by atoms with Gasteiger partial charge in [0.25, 0.3) is 0 Å². The minimum atomic E-state index is -3.21. The van der Waals surface area contributed by atoms with E-state index in [4.69, 9.17) is 0 Å². The van der Waals surface area contributed by atoms with Crippen molar-refractivity contribution in [2.75, 3.05) is 35.4 Å². The second-order valence-corrected chi connectivity index (χ2v) is 13.8. The van der Waals surface area contributed by atoms with Crippen LogP contribution in [0.4, 0.5) is 11.4 Å². The third kappa shape index (κ3) is 6.09. The molecule has 0 aliphatic carbocycles. The highest BCUT2D eigenvalue weighted by Gasteiger charge is 2.23. The average molecular weight is 571 g/mol. The number of imidazole rings is 2. The summed E-state index contributed by atoms with van der Waals surface area (Å²) in [6, 6.07) is 10.6. The summed E-state index contributed by atoms with van der Waals surface area (Å²) in [6.07, 6.45) is 9.36. The molecule has 0 spiro atoms. The fourth-order valence-electron chi connectivity index (χ4n) is 4.88. The van der Waals surface area contributed by atoms with Crippen LogP contribution in [-0.2, 0) is 45.6 Å². The van der Waals surface area contributed by atoms with E-state index in [0.29, 0.717) is 16.3 Å². The number of aromatic amines is 3. The largest absolute Gasteiger partial charge is 0.365 e. The fourth-order valence-corrected chi connectivity index (χ4v) is 6.16. The maximum Gasteiger partial charge on any atom is 0.323 e. The summed E-state index contributed by atoms with van der Waals surface area (Å²) in [7, 11) is -6.36. The van der Waals surface area contributed by atoms with Crippen LogP contribution in [0, 0.1) is 0 Å². The maximum atomic E-state index is 11.6. The number of H-pyrrole nitrogens is 3. The zero-order valence-corrected chi connectivity index (χ0v) is 23.3. The first-order valence-electron chi connectivity index (χ1n) is 12.4. The van der Waals surface area contributed by atoms with Crippen molar-refractivity contribution in [1.82, 2.24) is 19.9 Å². The molecule has 6 rings (SSSR count). The molecular weight excluding hydrogens is 540 g/mol. The molecule has 11 nitrogen and oxygen atoms in total. The maximum absolute atomic E-state index is 11.6. The van der Waals surface area contributed by atoms with Crippen LogP contribution in [0.15, 0.2) is 69.7 Å². The van der Waals surface area contributed by atoms with E-state index >= 15 is 0 Å². The normalized spacial score (nSPS) is 14.6. The summed E-state index contributed by atoms with van der Waals surface area (Å²) in [5.41, 5.74) is 5.85. The van der Waals surface area contributed by atoms with E-state index < -0.39 is 19.7 Å². The SMILES string of the molecule is CS(=O)(=O)c1ccc2c(c1)N(Cc1c[nH]c(=O)[nH]1)CC2.CS(=O)(=O)c1ccc2c(c1)N(Cc1cnc[nH]1)CC2. The van der Waals surface area contributed by atoms with Gasteiger partial charge >= 0.3 is 5.69 Å². The van der Waals surface area contributed by atoms with Crippen LogP contribution >= 0.6 is 0 Å². The highest BCUT2D eigenvalue weighted by Crippen LogP contribution is 2.32. The molecule has 2 aromatic heterocycles. The second-order valence-electron chi connectivity index (χ2n) is 9.81. The van der Waals surface area contributed by atoms with Crippen molar-refractivity contribution < 1.29 is 16.8 Å². The van der Waals surface area contributed by atoms with Crippen molar-refractivity contribution in [3.63, 3.8) is 0 Å². The molecule has 0 atom stereocenters. The molecule has 0 saturated heterocycles. The molecule has 0 unspecified atom stereocenters. The van der Waals surface area contributed by atoms with E-state index in [1.54, 1.807) is 43.0 Å². The first-order valence-corrected chi connectivity index (χ1v) is 16.2. The highest BCUT2D eigenvalue weighted by atomic mass is 32.2. The van der Waals surface area contributed by atoms with Gasteiger partial charge in [-0.05, 0) is 48.2 Å². The number of nitrogens with zero attached hydrogens (tertiary/aromatic N) is 3. The van der Waals surface area contributed by atoms with Crippen LogP contribution in [0.2, 0.25) is 0 Å². The number of sulfone groups is 2. The molecule has 2 aliphatic rings. The molecule has 39 heavy (non-hydrogen) atoms. The summed E-state index contributed by atoms with van der Waals surface area (Å²) in [5, 5.41) is 0. The van der Waals surface area contributed by atoms with Crippen molar-refractivity contribution in [2.24, 2.45) is 0 Å². The van der Waals surface area contributed by atoms with Gasteiger partial charge in [0.2, 0.25) is 0 Å². The Kier molecular flexibility index (Phi) is 7.12. The Morgan fingerprint density at radius 1 is 0.795 bits per heavy atom. The summed E-state index contributed by atoms with van der Waals surface area (Å²) in [5.74, 6) is 0. The Morgan fingerprint density at radius 2 is 1.33 bits per heavy atom. The van der Waals surface area contributed by atoms with Gasteiger partial charge in [0.05, 0.1) is 40.6 Å². The molecule has 206 valence electrons. The number of anilines is 2. The third-order valence-electron chi connectivity index (χ3n) is 6.88. The number of fused-ring (bicyclic) bond motifs is 2. The predicted octanol–water partition coefficient (Wildman–Crippen LogP) is 2.05. The van der Waals surface area contributed by atoms with E-state index in [0.717, 1.165) is 60.8 Å². The summed E-state index contributed by atoms with van der Waals surface area (Å²) < 4.78 is 46.5.